The number of rotatable bonds is 3. The van der Waals surface area contributed by atoms with Gasteiger partial charge in [-0.2, -0.15) is 0 Å². The van der Waals surface area contributed by atoms with Crippen LogP contribution in [0.4, 0.5) is 5.69 Å². The highest BCUT2D eigenvalue weighted by Gasteiger charge is 2.33. The molecule has 0 atom stereocenters. The second-order valence-corrected chi connectivity index (χ2v) is 6.69. The van der Waals surface area contributed by atoms with Crippen LogP contribution in [0.15, 0.2) is 22.7 Å². The SMILES string of the molecule is CCC1(CC)CCN(C(=O)c2cc(N)cc(Br)c2)CC1. The Balaban J connectivity index is 2.08. The molecule has 0 aromatic heterocycles. The first-order valence-corrected chi connectivity index (χ1v) is 8.14. The highest BCUT2D eigenvalue weighted by molar-refractivity contribution is 9.10. The van der Waals surface area contributed by atoms with Crippen molar-refractivity contribution in [3.05, 3.63) is 28.2 Å². The molecule has 0 bridgehead atoms. The van der Waals surface area contributed by atoms with Crippen molar-refractivity contribution in [3.8, 4) is 0 Å². The smallest absolute Gasteiger partial charge is 0.253 e. The number of piperidine rings is 1. The maximum atomic E-state index is 12.5. The Labute approximate surface area is 129 Å². The molecule has 1 fully saturated rings. The summed E-state index contributed by atoms with van der Waals surface area (Å²) in [4.78, 5) is 14.5. The first-order valence-electron chi connectivity index (χ1n) is 7.35. The summed E-state index contributed by atoms with van der Waals surface area (Å²) in [7, 11) is 0. The van der Waals surface area contributed by atoms with E-state index in [1.54, 1.807) is 6.07 Å². The summed E-state index contributed by atoms with van der Waals surface area (Å²) in [5.41, 5.74) is 7.55. The molecule has 4 heteroatoms. The van der Waals surface area contributed by atoms with E-state index in [1.165, 1.54) is 12.8 Å². The Bertz CT molecular complexity index is 467. The number of halogens is 1. The highest BCUT2D eigenvalue weighted by atomic mass is 79.9. The molecule has 3 nitrogen and oxygen atoms in total. The van der Waals surface area contributed by atoms with Crippen molar-refractivity contribution in [1.29, 1.82) is 0 Å². The fourth-order valence-electron chi connectivity index (χ4n) is 3.06. The largest absolute Gasteiger partial charge is 0.399 e. The van der Waals surface area contributed by atoms with Crippen LogP contribution >= 0.6 is 15.9 Å². The molecule has 1 aliphatic heterocycles. The summed E-state index contributed by atoms with van der Waals surface area (Å²) in [5, 5.41) is 0. The number of carbonyl (C=O) groups is 1. The predicted molar refractivity (Wildman–Crippen MR) is 86.7 cm³/mol. The zero-order valence-electron chi connectivity index (χ0n) is 12.3. The molecule has 0 unspecified atom stereocenters. The normalized spacial score (nSPS) is 18.1. The molecule has 20 heavy (non-hydrogen) atoms. The summed E-state index contributed by atoms with van der Waals surface area (Å²) < 4.78 is 0.856. The van der Waals surface area contributed by atoms with Crippen molar-refractivity contribution in [2.75, 3.05) is 18.8 Å². The standard InChI is InChI=1S/C16H23BrN2O/c1-3-16(4-2)5-7-19(8-6-16)15(20)12-9-13(17)11-14(18)10-12/h9-11H,3-8,18H2,1-2H3. The Kier molecular flexibility index (Phi) is 4.74. The number of hydrogen-bond donors (Lipinski definition) is 1. The van der Waals surface area contributed by atoms with Gasteiger partial charge in [0.15, 0.2) is 0 Å². The van der Waals surface area contributed by atoms with Gasteiger partial charge >= 0.3 is 0 Å². The average Bonchev–Trinajstić information content (AvgIpc) is 2.45. The number of nitrogens with two attached hydrogens (primary N) is 1. The molecule has 1 heterocycles. The minimum atomic E-state index is 0.0961. The molecule has 1 aromatic carbocycles. The van der Waals surface area contributed by atoms with Crippen molar-refractivity contribution >= 4 is 27.5 Å². The summed E-state index contributed by atoms with van der Waals surface area (Å²) in [5.74, 6) is 0.0961. The fraction of sp³-hybridized carbons (Fsp3) is 0.562. The van der Waals surface area contributed by atoms with Gasteiger partial charge in [0, 0.05) is 28.8 Å². The van der Waals surface area contributed by atoms with Crippen molar-refractivity contribution in [1.82, 2.24) is 4.90 Å². The molecule has 1 aromatic rings. The zero-order chi connectivity index (χ0) is 14.8. The van der Waals surface area contributed by atoms with Gasteiger partial charge in [-0.25, -0.2) is 0 Å². The van der Waals surface area contributed by atoms with Gasteiger partial charge in [0.25, 0.3) is 5.91 Å². The van der Waals surface area contributed by atoms with Crippen LogP contribution in [-0.2, 0) is 0 Å². The van der Waals surface area contributed by atoms with Gasteiger partial charge < -0.3 is 10.6 Å². The highest BCUT2D eigenvalue weighted by Crippen LogP contribution is 2.38. The van der Waals surface area contributed by atoms with Crippen molar-refractivity contribution < 1.29 is 4.79 Å². The number of nitrogens with zero attached hydrogens (tertiary/aromatic N) is 1. The summed E-state index contributed by atoms with van der Waals surface area (Å²) in [6.07, 6.45) is 4.62. The summed E-state index contributed by atoms with van der Waals surface area (Å²) in [6, 6.07) is 5.42. The zero-order valence-corrected chi connectivity index (χ0v) is 13.9. The molecule has 0 spiro atoms. The van der Waals surface area contributed by atoms with E-state index in [0.717, 1.165) is 30.4 Å². The molecule has 2 N–H and O–H groups in total. The van der Waals surface area contributed by atoms with E-state index in [1.807, 2.05) is 17.0 Å². The molecule has 0 aliphatic carbocycles. The van der Waals surface area contributed by atoms with E-state index in [4.69, 9.17) is 5.73 Å². The molecule has 2 rings (SSSR count). The van der Waals surface area contributed by atoms with Gasteiger partial charge in [0.1, 0.15) is 0 Å². The van der Waals surface area contributed by atoms with E-state index in [-0.39, 0.29) is 5.91 Å². The Morgan fingerprint density at radius 1 is 1.25 bits per heavy atom. The third-order valence-electron chi connectivity index (χ3n) is 4.78. The molecule has 1 aliphatic rings. The number of benzene rings is 1. The lowest BCUT2D eigenvalue weighted by Crippen LogP contribution is -2.42. The van der Waals surface area contributed by atoms with Crippen molar-refractivity contribution in [2.45, 2.75) is 39.5 Å². The van der Waals surface area contributed by atoms with Crippen LogP contribution in [0.25, 0.3) is 0 Å². The Hall–Kier alpha value is -1.03. The maximum absolute atomic E-state index is 12.5. The summed E-state index contributed by atoms with van der Waals surface area (Å²) in [6.45, 7) is 6.23. The Morgan fingerprint density at radius 3 is 2.35 bits per heavy atom. The van der Waals surface area contributed by atoms with Gasteiger partial charge in [0.2, 0.25) is 0 Å². The number of hydrogen-bond acceptors (Lipinski definition) is 2. The second kappa shape index (κ2) is 6.17. The van der Waals surface area contributed by atoms with Gasteiger partial charge in [-0.15, -0.1) is 0 Å². The lowest BCUT2D eigenvalue weighted by atomic mass is 9.74. The Morgan fingerprint density at radius 2 is 1.85 bits per heavy atom. The molecule has 1 amide bonds. The van der Waals surface area contributed by atoms with Crippen LogP contribution in [0.2, 0.25) is 0 Å². The van der Waals surface area contributed by atoms with Gasteiger partial charge in [0.05, 0.1) is 0 Å². The van der Waals surface area contributed by atoms with Gasteiger partial charge in [-0.05, 0) is 36.5 Å². The number of likely N-dealkylation sites (tertiary alicyclic amines) is 1. The summed E-state index contributed by atoms with van der Waals surface area (Å²) >= 11 is 3.40. The molecular weight excluding hydrogens is 316 g/mol. The lowest BCUT2D eigenvalue weighted by Gasteiger charge is -2.41. The van der Waals surface area contributed by atoms with Crippen LogP contribution in [-0.4, -0.2) is 23.9 Å². The topological polar surface area (TPSA) is 46.3 Å². The second-order valence-electron chi connectivity index (χ2n) is 5.77. The van der Waals surface area contributed by atoms with Crippen molar-refractivity contribution in [3.63, 3.8) is 0 Å². The quantitative estimate of drug-likeness (QED) is 0.844. The third-order valence-corrected chi connectivity index (χ3v) is 5.24. The van der Waals surface area contributed by atoms with E-state index in [0.29, 0.717) is 16.7 Å². The number of amides is 1. The van der Waals surface area contributed by atoms with Crippen LogP contribution in [0, 0.1) is 5.41 Å². The van der Waals surface area contributed by atoms with E-state index in [2.05, 4.69) is 29.8 Å². The van der Waals surface area contributed by atoms with Crippen molar-refractivity contribution in [2.24, 2.45) is 5.41 Å². The molecule has 0 saturated carbocycles. The van der Waals surface area contributed by atoms with Crippen LogP contribution in [0.1, 0.15) is 49.9 Å². The van der Waals surface area contributed by atoms with Crippen LogP contribution in [0.3, 0.4) is 0 Å². The minimum Gasteiger partial charge on any atom is -0.399 e. The van der Waals surface area contributed by atoms with Gasteiger partial charge in [-0.3, -0.25) is 4.79 Å². The van der Waals surface area contributed by atoms with E-state index >= 15 is 0 Å². The molecule has 1 saturated heterocycles. The first kappa shape index (κ1) is 15.4. The first-order chi connectivity index (χ1) is 9.49. The van der Waals surface area contributed by atoms with Crippen LogP contribution in [0.5, 0.6) is 0 Å². The predicted octanol–water partition coefficient (Wildman–Crippen LogP) is 4.07. The molecule has 110 valence electrons. The fourth-order valence-corrected chi connectivity index (χ4v) is 3.57. The lowest BCUT2D eigenvalue weighted by molar-refractivity contribution is 0.0558. The third kappa shape index (κ3) is 3.17. The number of nitrogen functional groups attached to an aromatic ring is 1. The van der Waals surface area contributed by atoms with Crippen LogP contribution < -0.4 is 5.73 Å². The van der Waals surface area contributed by atoms with Gasteiger partial charge in [-0.1, -0.05) is 42.6 Å². The monoisotopic (exact) mass is 338 g/mol. The number of carbonyl (C=O) groups excluding carboxylic acids is 1. The number of anilines is 1. The molecule has 0 radical (unpaired) electrons. The average molecular weight is 339 g/mol. The maximum Gasteiger partial charge on any atom is 0.253 e. The molecular formula is C16H23BrN2O. The minimum absolute atomic E-state index is 0.0961. The van der Waals surface area contributed by atoms with E-state index in [9.17, 15) is 4.79 Å². The van der Waals surface area contributed by atoms with E-state index < -0.39 is 0 Å².